The molecule has 3 N–H and O–H groups in total. The summed E-state index contributed by atoms with van der Waals surface area (Å²) in [5, 5.41) is 12.1. The standard InChI is InChI=1S/C24H26ClN5O2S/c25-17-6-12-20(13-7-17)30(24(26)32)22(21-5-4-16-33-21)23(31)27-18-8-10-19(11-9-18)28-29-14-2-1-3-15-29/h4-13,16,18,22H,1-3,14-15H2,(H2,26,32)(H,27,31). The first kappa shape index (κ1) is 23.1. The molecule has 9 heteroatoms. The third kappa shape index (κ3) is 5.83. The maximum absolute atomic E-state index is 13.4. The molecule has 3 amide bonds. The van der Waals surface area contributed by atoms with Gasteiger partial charge in [-0.05, 0) is 67.1 Å². The minimum Gasteiger partial charge on any atom is -0.351 e. The summed E-state index contributed by atoms with van der Waals surface area (Å²) in [6, 6.07) is 8.36. The van der Waals surface area contributed by atoms with Gasteiger partial charge >= 0.3 is 6.03 Å². The zero-order valence-electron chi connectivity index (χ0n) is 18.1. The molecular formula is C24H26ClN5O2S. The number of primary amides is 1. The molecule has 4 rings (SSSR count). The SMILES string of the molecule is NC(=O)N(c1ccc(Cl)cc1)C(C(=O)NC1C=CC(=NN2CCCCC2)C=C1)c1cccs1. The van der Waals surface area contributed by atoms with Crippen LogP contribution in [-0.2, 0) is 4.79 Å². The predicted molar refractivity (Wildman–Crippen MR) is 134 cm³/mol. The van der Waals surface area contributed by atoms with Gasteiger partial charge in [0.25, 0.3) is 0 Å². The fraction of sp³-hybridized carbons (Fsp3) is 0.292. The summed E-state index contributed by atoms with van der Waals surface area (Å²) in [4.78, 5) is 27.8. The molecular weight excluding hydrogens is 458 g/mol. The molecule has 0 spiro atoms. The van der Waals surface area contributed by atoms with Gasteiger partial charge in [0, 0.05) is 28.7 Å². The zero-order valence-corrected chi connectivity index (χ0v) is 19.6. The highest BCUT2D eigenvalue weighted by Gasteiger charge is 2.33. The van der Waals surface area contributed by atoms with Gasteiger partial charge in [0.05, 0.1) is 11.8 Å². The lowest BCUT2D eigenvalue weighted by atomic mass is 10.1. The maximum Gasteiger partial charge on any atom is 0.320 e. The van der Waals surface area contributed by atoms with E-state index in [2.05, 4.69) is 15.4 Å². The number of thiophene rings is 1. The number of amides is 3. The number of nitrogens with one attached hydrogen (secondary N) is 1. The van der Waals surface area contributed by atoms with E-state index in [0.29, 0.717) is 15.6 Å². The molecule has 33 heavy (non-hydrogen) atoms. The van der Waals surface area contributed by atoms with Crippen molar-refractivity contribution in [1.82, 2.24) is 10.3 Å². The quantitative estimate of drug-likeness (QED) is 0.634. The third-order valence-electron chi connectivity index (χ3n) is 5.51. The molecule has 7 nitrogen and oxygen atoms in total. The first-order valence-corrected chi connectivity index (χ1v) is 12.1. The van der Waals surface area contributed by atoms with Crippen molar-refractivity contribution in [2.24, 2.45) is 10.8 Å². The Labute approximate surface area is 202 Å². The van der Waals surface area contributed by atoms with Crippen molar-refractivity contribution in [2.45, 2.75) is 31.3 Å². The van der Waals surface area contributed by atoms with Crippen LogP contribution in [0.25, 0.3) is 0 Å². The van der Waals surface area contributed by atoms with Gasteiger partial charge in [-0.15, -0.1) is 11.3 Å². The van der Waals surface area contributed by atoms with E-state index in [1.54, 1.807) is 24.3 Å². The Morgan fingerprint density at radius 3 is 2.42 bits per heavy atom. The van der Waals surface area contributed by atoms with Crippen LogP contribution in [0.4, 0.5) is 10.5 Å². The number of carbonyl (C=O) groups excluding carboxylic acids is 2. The molecule has 2 aliphatic rings. The zero-order chi connectivity index (χ0) is 23.2. The number of nitrogens with zero attached hydrogens (tertiary/aromatic N) is 3. The number of urea groups is 1. The fourth-order valence-electron chi connectivity index (χ4n) is 3.90. The van der Waals surface area contributed by atoms with Crippen molar-refractivity contribution in [2.75, 3.05) is 18.0 Å². The van der Waals surface area contributed by atoms with E-state index in [1.165, 1.54) is 22.7 Å². The second-order valence-corrected chi connectivity index (χ2v) is 9.31. The minimum absolute atomic E-state index is 0.319. The molecule has 0 radical (unpaired) electrons. The molecule has 1 aromatic heterocycles. The fourth-order valence-corrected chi connectivity index (χ4v) is 4.84. The van der Waals surface area contributed by atoms with Crippen LogP contribution in [0.1, 0.15) is 30.2 Å². The van der Waals surface area contributed by atoms with E-state index >= 15 is 0 Å². The molecule has 1 unspecified atom stereocenters. The van der Waals surface area contributed by atoms with E-state index < -0.39 is 12.1 Å². The Morgan fingerprint density at radius 2 is 1.82 bits per heavy atom. The number of piperidine rings is 1. The lowest BCUT2D eigenvalue weighted by molar-refractivity contribution is -0.122. The van der Waals surface area contributed by atoms with Crippen LogP contribution >= 0.6 is 22.9 Å². The summed E-state index contributed by atoms with van der Waals surface area (Å²) >= 11 is 7.39. The van der Waals surface area contributed by atoms with E-state index in [9.17, 15) is 9.59 Å². The number of hydrogen-bond donors (Lipinski definition) is 2. The number of hydrazone groups is 1. The number of benzene rings is 1. The van der Waals surface area contributed by atoms with Gasteiger partial charge in [-0.1, -0.05) is 29.8 Å². The van der Waals surface area contributed by atoms with Crippen LogP contribution in [0, 0.1) is 0 Å². The number of hydrogen-bond acceptors (Lipinski definition) is 5. The maximum atomic E-state index is 13.4. The van der Waals surface area contributed by atoms with Gasteiger partial charge in [-0.2, -0.15) is 5.10 Å². The number of nitrogens with two attached hydrogens (primary N) is 1. The van der Waals surface area contributed by atoms with Crippen molar-refractivity contribution in [3.63, 3.8) is 0 Å². The Kier molecular flexibility index (Phi) is 7.47. The summed E-state index contributed by atoms with van der Waals surface area (Å²) in [7, 11) is 0. The topological polar surface area (TPSA) is 91.0 Å². The van der Waals surface area contributed by atoms with Gasteiger partial charge in [-0.25, -0.2) is 4.79 Å². The van der Waals surface area contributed by atoms with E-state index in [1.807, 2.05) is 41.8 Å². The Bertz CT molecular complexity index is 1040. The molecule has 172 valence electrons. The monoisotopic (exact) mass is 483 g/mol. The Hall–Kier alpha value is -3.10. The lowest BCUT2D eigenvalue weighted by Gasteiger charge is -2.30. The van der Waals surface area contributed by atoms with Crippen molar-refractivity contribution in [3.05, 3.63) is 76.0 Å². The molecule has 2 heterocycles. The molecule has 2 aromatic rings. The summed E-state index contributed by atoms with van der Waals surface area (Å²) in [5.41, 5.74) is 7.07. The average molecular weight is 484 g/mol. The van der Waals surface area contributed by atoms with Gasteiger partial charge in [0.2, 0.25) is 5.91 Å². The number of allylic oxidation sites excluding steroid dienone is 2. The second-order valence-electron chi connectivity index (χ2n) is 7.89. The molecule has 0 bridgehead atoms. The highest BCUT2D eigenvalue weighted by atomic mass is 35.5. The predicted octanol–water partition coefficient (Wildman–Crippen LogP) is 4.48. The van der Waals surface area contributed by atoms with Crippen molar-refractivity contribution >= 4 is 46.3 Å². The Morgan fingerprint density at radius 1 is 1.12 bits per heavy atom. The van der Waals surface area contributed by atoms with Gasteiger partial charge in [0.1, 0.15) is 0 Å². The normalized spacial score (nSPS) is 18.6. The lowest BCUT2D eigenvalue weighted by Crippen LogP contribution is -2.48. The van der Waals surface area contributed by atoms with Crippen LogP contribution < -0.4 is 16.0 Å². The van der Waals surface area contributed by atoms with E-state index in [0.717, 1.165) is 31.6 Å². The van der Waals surface area contributed by atoms with Crippen molar-refractivity contribution in [3.8, 4) is 0 Å². The highest BCUT2D eigenvalue weighted by molar-refractivity contribution is 7.10. The van der Waals surface area contributed by atoms with Crippen LogP contribution in [0.15, 0.2) is 71.2 Å². The number of rotatable bonds is 6. The summed E-state index contributed by atoms with van der Waals surface area (Å²) in [6.45, 7) is 1.95. The van der Waals surface area contributed by atoms with Gasteiger partial charge in [0.15, 0.2) is 6.04 Å². The minimum atomic E-state index is -0.908. The number of halogens is 1. The van der Waals surface area contributed by atoms with E-state index in [-0.39, 0.29) is 11.9 Å². The van der Waals surface area contributed by atoms with Crippen molar-refractivity contribution < 1.29 is 9.59 Å². The summed E-state index contributed by atoms with van der Waals surface area (Å²) in [6.07, 6.45) is 11.2. The largest absolute Gasteiger partial charge is 0.351 e. The molecule has 1 aliphatic carbocycles. The van der Waals surface area contributed by atoms with Crippen LogP contribution in [0.5, 0.6) is 0 Å². The average Bonchev–Trinajstić information content (AvgIpc) is 3.34. The van der Waals surface area contributed by atoms with Crippen LogP contribution in [0.3, 0.4) is 0 Å². The van der Waals surface area contributed by atoms with Gasteiger partial charge < -0.3 is 11.1 Å². The molecule has 1 aliphatic heterocycles. The highest BCUT2D eigenvalue weighted by Crippen LogP contribution is 2.31. The van der Waals surface area contributed by atoms with Crippen molar-refractivity contribution in [1.29, 1.82) is 0 Å². The molecule has 1 fully saturated rings. The number of anilines is 1. The Balaban J connectivity index is 1.51. The van der Waals surface area contributed by atoms with Crippen LogP contribution in [-0.4, -0.2) is 41.8 Å². The van der Waals surface area contributed by atoms with Crippen LogP contribution in [0.2, 0.25) is 5.02 Å². The van der Waals surface area contributed by atoms with E-state index in [4.69, 9.17) is 17.3 Å². The summed E-state index contributed by atoms with van der Waals surface area (Å²) < 4.78 is 0. The molecule has 1 aromatic carbocycles. The molecule has 1 atom stereocenters. The molecule has 0 saturated carbocycles. The van der Waals surface area contributed by atoms with Gasteiger partial charge in [-0.3, -0.25) is 14.7 Å². The summed E-state index contributed by atoms with van der Waals surface area (Å²) in [5.74, 6) is -0.332. The number of carbonyl (C=O) groups is 2. The first-order valence-electron chi connectivity index (χ1n) is 10.9. The third-order valence-corrected chi connectivity index (χ3v) is 6.69. The first-order chi connectivity index (χ1) is 16.0. The second kappa shape index (κ2) is 10.7. The smallest absolute Gasteiger partial charge is 0.320 e. The molecule has 1 saturated heterocycles.